The second kappa shape index (κ2) is 4.37. The second-order valence-corrected chi connectivity index (χ2v) is 5.25. The molecule has 4 nitrogen and oxygen atoms in total. The minimum absolute atomic E-state index is 0.0818. The average Bonchev–Trinajstić information content (AvgIpc) is 2.62. The van der Waals surface area contributed by atoms with Gasteiger partial charge in [0.2, 0.25) is 5.88 Å². The van der Waals surface area contributed by atoms with E-state index in [0.29, 0.717) is 5.88 Å². The number of anilines is 1. The van der Waals surface area contributed by atoms with Crippen LogP contribution in [0.2, 0.25) is 0 Å². The molecule has 5 heteroatoms. The molecule has 1 N–H and O–H groups in total. The van der Waals surface area contributed by atoms with Crippen LogP contribution in [-0.4, -0.2) is 37.9 Å². The number of aliphatic hydroxyl groups excluding tert-OH is 1. The Morgan fingerprint density at radius 2 is 2.07 bits per heavy atom. The fourth-order valence-electron chi connectivity index (χ4n) is 1.12. The summed E-state index contributed by atoms with van der Waals surface area (Å²) in [6.45, 7) is 4.03. The number of hydrogen-bond donors (Lipinski definition) is 1. The van der Waals surface area contributed by atoms with E-state index in [-0.39, 0.29) is 12.0 Å². The molecular weight excluding hydrogens is 212 g/mol. The first kappa shape index (κ1) is 12.3. The normalized spacial score (nSPS) is 11.6. The van der Waals surface area contributed by atoms with E-state index in [1.54, 1.807) is 18.4 Å². The fraction of sp³-hybridized carbons (Fsp3) is 0.700. The first-order chi connectivity index (χ1) is 6.92. The number of aromatic nitrogens is 1. The molecule has 1 heterocycles. The van der Waals surface area contributed by atoms with Gasteiger partial charge < -0.3 is 14.7 Å². The molecule has 1 aromatic heterocycles. The van der Waals surface area contributed by atoms with Crippen molar-refractivity contribution in [2.24, 2.45) is 0 Å². The Hall–Kier alpha value is -0.810. The van der Waals surface area contributed by atoms with E-state index in [4.69, 9.17) is 4.74 Å². The summed E-state index contributed by atoms with van der Waals surface area (Å²) in [5.74, 6) is 0.614. The van der Waals surface area contributed by atoms with Gasteiger partial charge in [-0.2, -0.15) is 4.98 Å². The van der Waals surface area contributed by atoms with Crippen LogP contribution in [0.25, 0.3) is 0 Å². The summed E-state index contributed by atoms with van der Waals surface area (Å²) in [4.78, 5) is 7.27. The van der Waals surface area contributed by atoms with Crippen molar-refractivity contribution in [3.05, 3.63) is 4.88 Å². The maximum Gasteiger partial charge on any atom is 0.230 e. The molecule has 0 aliphatic heterocycles. The monoisotopic (exact) mass is 230 g/mol. The van der Waals surface area contributed by atoms with Crippen LogP contribution >= 0.6 is 11.3 Å². The largest absolute Gasteiger partial charge is 0.480 e. The number of aliphatic hydroxyl groups is 1. The fourth-order valence-corrected chi connectivity index (χ4v) is 2.18. The third-order valence-electron chi connectivity index (χ3n) is 2.17. The van der Waals surface area contributed by atoms with E-state index in [1.165, 1.54) is 0 Å². The van der Waals surface area contributed by atoms with Crippen molar-refractivity contribution in [2.45, 2.75) is 19.3 Å². The van der Waals surface area contributed by atoms with Gasteiger partial charge in [0.05, 0.1) is 18.6 Å². The Balaban J connectivity index is 3.16. The molecule has 0 fully saturated rings. The zero-order valence-electron chi connectivity index (χ0n) is 9.87. The Morgan fingerprint density at radius 1 is 1.47 bits per heavy atom. The maximum absolute atomic E-state index is 9.33. The van der Waals surface area contributed by atoms with E-state index in [1.807, 2.05) is 32.8 Å². The quantitative estimate of drug-likeness (QED) is 0.851. The summed E-state index contributed by atoms with van der Waals surface area (Å²) in [6, 6.07) is 0. The number of hydrogen-bond acceptors (Lipinski definition) is 5. The summed E-state index contributed by atoms with van der Waals surface area (Å²) in [7, 11) is 5.48. The van der Waals surface area contributed by atoms with Crippen LogP contribution in [0.5, 0.6) is 5.88 Å². The van der Waals surface area contributed by atoms with Crippen LogP contribution in [0.4, 0.5) is 5.13 Å². The van der Waals surface area contributed by atoms with Crippen molar-refractivity contribution in [1.82, 2.24) is 4.98 Å². The van der Waals surface area contributed by atoms with Crippen molar-refractivity contribution >= 4 is 16.5 Å². The predicted molar refractivity (Wildman–Crippen MR) is 63.1 cm³/mol. The minimum atomic E-state index is -0.308. The highest BCUT2D eigenvalue weighted by atomic mass is 32.1. The lowest BCUT2D eigenvalue weighted by atomic mass is 9.93. The van der Waals surface area contributed by atoms with Gasteiger partial charge >= 0.3 is 0 Å². The van der Waals surface area contributed by atoms with Crippen molar-refractivity contribution < 1.29 is 9.84 Å². The molecule has 86 valence electrons. The van der Waals surface area contributed by atoms with E-state index in [2.05, 4.69) is 4.98 Å². The van der Waals surface area contributed by atoms with Gasteiger partial charge in [-0.15, -0.1) is 0 Å². The van der Waals surface area contributed by atoms with Gasteiger partial charge in [0.15, 0.2) is 5.13 Å². The number of thiazole rings is 1. The highest BCUT2D eigenvalue weighted by molar-refractivity contribution is 7.16. The van der Waals surface area contributed by atoms with Crippen LogP contribution < -0.4 is 9.64 Å². The molecule has 0 atom stereocenters. The number of methoxy groups -OCH3 is 1. The van der Waals surface area contributed by atoms with Crippen molar-refractivity contribution in [3.8, 4) is 5.88 Å². The van der Waals surface area contributed by atoms with Crippen LogP contribution in [0.1, 0.15) is 18.7 Å². The van der Waals surface area contributed by atoms with E-state index < -0.39 is 0 Å². The molecule has 0 aromatic carbocycles. The smallest absolute Gasteiger partial charge is 0.230 e. The first-order valence-electron chi connectivity index (χ1n) is 4.76. The average molecular weight is 230 g/mol. The number of ether oxygens (including phenoxy) is 1. The lowest BCUT2D eigenvalue weighted by Crippen LogP contribution is -2.21. The minimum Gasteiger partial charge on any atom is -0.480 e. The van der Waals surface area contributed by atoms with Gasteiger partial charge in [-0.1, -0.05) is 25.2 Å². The molecule has 1 rings (SSSR count). The van der Waals surface area contributed by atoms with Gasteiger partial charge in [0.1, 0.15) is 0 Å². The molecule has 0 spiro atoms. The molecule has 0 aliphatic carbocycles. The van der Waals surface area contributed by atoms with Gasteiger partial charge in [-0.3, -0.25) is 0 Å². The Kier molecular flexibility index (Phi) is 3.57. The molecule has 0 bridgehead atoms. The third-order valence-corrected chi connectivity index (χ3v) is 3.74. The second-order valence-electron chi connectivity index (χ2n) is 4.27. The molecule has 0 aliphatic rings. The Morgan fingerprint density at radius 3 is 2.47 bits per heavy atom. The summed E-state index contributed by atoms with van der Waals surface area (Å²) >= 11 is 1.55. The lowest BCUT2D eigenvalue weighted by Gasteiger charge is -2.19. The van der Waals surface area contributed by atoms with Crippen molar-refractivity contribution in [2.75, 3.05) is 32.7 Å². The van der Waals surface area contributed by atoms with E-state index >= 15 is 0 Å². The number of nitrogens with zero attached hydrogens (tertiary/aromatic N) is 2. The highest BCUT2D eigenvalue weighted by Crippen LogP contribution is 2.39. The van der Waals surface area contributed by atoms with Crippen LogP contribution in [-0.2, 0) is 5.41 Å². The Labute approximate surface area is 94.5 Å². The zero-order valence-corrected chi connectivity index (χ0v) is 10.7. The standard InChI is InChI=1S/C10H18N2O2S/c1-10(2,6-13)7-8(14-5)11-9(15-7)12(3)4/h13H,6H2,1-5H3. The van der Waals surface area contributed by atoms with Crippen LogP contribution in [0, 0.1) is 0 Å². The predicted octanol–water partition coefficient (Wildman–Crippen LogP) is 1.49. The molecule has 15 heavy (non-hydrogen) atoms. The summed E-state index contributed by atoms with van der Waals surface area (Å²) in [5, 5.41) is 10.2. The molecule has 0 amide bonds. The molecule has 1 aromatic rings. The summed E-state index contributed by atoms with van der Waals surface area (Å²) < 4.78 is 5.23. The molecule has 0 unspecified atom stereocenters. The van der Waals surface area contributed by atoms with Crippen LogP contribution in [0.15, 0.2) is 0 Å². The molecule has 0 saturated heterocycles. The maximum atomic E-state index is 9.33. The SMILES string of the molecule is COc1nc(N(C)C)sc1C(C)(C)CO. The van der Waals surface area contributed by atoms with Gasteiger partial charge in [-0.05, 0) is 0 Å². The first-order valence-corrected chi connectivity index (χ1v) is 5.57. The van der Waals surface area contributed by atoms with Crippen molar-refractivity contribution in [3.63, 3.8) is 0 Å². The summed E-state index contributed by atoms with van der Waals surface area (Å²) in [5.41, 5.74) is -0.308. The van der Waals surface area contributed by atoms with Gasteiger partial charge in [-0.25, -0.2) is 0 Å². The van der Waals surface area contributed by atoms with Crippen LogP contribution in [0.3, 0.4) is 0 Å². The van der Waals surface area contributed by atoms with E-state index in [0.717, 1.165) is 10.0 Å². The number of rotatable bonds is 4. The third kappa shape index (κ3) is 2.41. The van der Waals surface area contributed by atoms with Gasteiger partial charge in [0.25, 0.3) is 0 Å². The molecule has 0 saturated carbocycles. The van der Waals surface area contributed by atoms with Gasteiger partial charge in [0, 0.05) is 19.5 Å². The molecule has 0 radical (unpaired) electrons. The Bertz CT molecular complexity index is 334. The van der Waals surface area contributed by atoms with Crippen molar-refractivity contribution in [1.29, 1.82) is 0 Å². The highest BCUT2D eigenvalue weighted by Gasteiger charge is 2.28. The molecular formula is C10H18N2O2S. The topological polar surface area (TPSA) is 45.6 Å². The lowest BCUT2D eigenvalue weighted by molar-refractivity contribution is 0.217. The zero-order chi connectivity index (χ0) is 11.6. The van der Waals surface area contributed by atoms with E-state index in [9.17, 15) is 5.11 Å². The summed E-state index contributed by atoms with van der Waals surface area (Å²) in [6.07, 6.45) is 0.